The van der Waals surface area contributed by atoms with Crippen LogP contribution in [0.25, 0.3) is 0 Å². The highest BCUT2D eigenvalue weighted by atomic mass is 32.1. The lowest BCUT2D eigenvalue weighted by molar-refractivity contribution is -0.117. The molecule has 114 valence electrons. The maximum Gasteiger partial charge on any atom is 0.261 e. The molecule has 2 rings (SSSR count). The summed E-state index contributed by atoms with van der Waals surface area (Å²) in [7, 11) is 0. The lowest BCUT2D eigenvalue weighted by atomic mass is 10.1. The predicted octanol–water partition coefficient (Wildman–Crippen LogP) is 1.88. The highest BCUT2D eigenvalue weighted by molar-refractivity contribution is 7.16. The van der Waals surface area contributed by atoms with Crippen LogP contribution in [0.5, 0.6) is 0 Å². The standard InChI is InChI=1S/C13H15F2N3O2S/c14-11(15)7-20-4-2-12(19)18-13-9(5-16)8-1-3-17-6-10(8)21-13/h11,17H,1-4,6-7H2,(H,18,19). The summed E-state index contributed by atoms with van der Waals surface area (Å²) in [5.74, 6) is -0.340. The average Bonchev–Trinajstić information content (AvgIpc) is 2.80. The number of hydrogen-bond acceptors (Lipinski definition) is 5. The number of ether oxygens (including phenoxy) is 1. The molecule has 21 heavy (non-hydrogen) atoms. The minimum Gasteiger partial charge on any atom is -0.375 e. The van der Waals surface area contributed by atoms with E-state index in [0.29, 0.717) is 17.1 Å². The van der Waals surface area contributed by atoms with Crippen molar-refractivity contribution < 1.29 is 18.3 Å². The van der Waals surface area contributed by atoms with Crippen molar-refractivity contribution in [3.63, 3.8) is 0 Å². The van der Waals surface area contributed by atoms with Crippen molar-refractivity contribution in [3.05, 3.63) is 16.0 Å². The van der Waals surface area contributed by atoms with Crippen molar-refractivity contribution in [2.45, 2.75) is 25.8 Å². The first-order chi connectivity index (χ1) is 10.1. The first-order valence-corrected chi connectivity index (χ1v) is 7.34. The molecule has 0 aromatic carbocycles. The average molecular weight is 315 g/mol. The van der Waals surface area contributed by atoms with Crippen molar-refractivity contribution in [2.24, 2.45) is 0 Å². The number of amides is 1. The van der Waals surface area contributed by atoms with Crippen molar-refractivity contribution in [2.75, 3.05) is 25.1 Å². The van der Waals surface area contributed by atoms with E-state index in [1.807, 2.05) is 0 Å². The van der Waals surface area contributed by atoms with Crippen molar-refractivity contribution in [1.29, 1.82) is 5.26 Å². The highest BCUT2D eigenvalue weighted by Gasteiger charge is 2.21. The van der Waals surface area contributed by atoms with Gasteiger partial charge >= 0.3 is 0 Å². The number of halogens is 2. The van der Waals surface area contributed by atoms with Crippen LogP contribution in [-0.2, 0) is 22.5 Å². The quantitative estimate of drug-likeness (QED) is 0.786. The molecule has 2 N–H and O–H groups in total. The summed E-state index contributed by atoms with van der Waals surface area (Å²) in [6.07, 6.45) is -1.78. The monoisotopic (exact) mass is 315 g/mol. The van der Waals surface area contributed by atoms with Crippen LogP contribution in [0.3, 0.4) is 0 Å². The van der Waals surface area contributed by atoms with Crippen molar-refractivity contribution >= 4 is 22.2 Å². The summed E-state index contributed by atoms with van der Waals surface area (Å²) >= 11 is 1.38. The Morgan fingerprint density at radius 1 is 1.57 bits per heavy atom. The summed E-state index contributed by atoms with van der Waals surface area (Å²) in [5.41, 5.74) is 1.50. The van der Waals surface area contributed by atoms with E-state index in [-0.39, 0.29) is 18.9 Å². The Kier molecular flexibility index (Phi) is 5.61. The fourth-order valence-electron chi connectivity index (χ4n) is 2.07. The normalized spacial score (nSPS) is 13.8. The van der Waals surface area contributed by atoms with Crippen LogP contribution >= 0.6 is 11.3 Å². The Morgan fingerprint density at radius 3 is 3.10 bits per heavy atom. The van der Waals surface area contributed by atoms with E-state index in [1.54, 1.807) is 0 Å². The Labute approximate surface area is 124 Å². The number of carbonyl (C=O) groups is 1. The zero-order valence-corrected chi connectivity index (χ0v) is 12.1. The van der Waals surface area contributed by atoms with Gasteiger partial charge in [-0.3, -0.25) is 4.79 Å². The van der Waals surface area contributed by atoms with E-state index < -0.39 is 13.0 Å². The molecular weight excluding hydrogens is 300 g/mol. The summed E-state index contributed by atoms with van der Waals surface area (Å²) in [6.45, 7) is 0.774. The third-order valence-corrected chi connectivity index (χ3v) is 4.16. The number of carbonyl (C=O) groups excluding carboxylic acids is 1. The van der Waals surface area contributed by atoms with Gasteiger partial charge in [0.15, 0.2) is 0 Å². The molecule has 0 spiro atoms. The molecule has 0 fully saturated rings. The maximum absolute atomic E-state index is 11.9. The second-order valence-corrected chi connectivity index (χ2v) is 5.62. The molecule has 0 radical (unpaired) electrons. The molecule has 2 heterocycles. The van der Waals surface area contributed by atoms with Crippen molar-refractivity contribution in [1.82, 2.24) is 5.32 Å². The smallest absolute Gasteiger partial charge is 0.261 e. The molecule has 1 aliphatic heterocycles. The number of nitriles is 1. The zero-order valence-electron chi connectivity index (χ0n) is 11.2. The van der Waals surface area contributed by atoms with E-state index in [1.165, 1.54) is 11.3 Å². The molecule has 5 nitrogen and oxygen atoms in total. The maximum atomic E-state index is 11.9. The largest absolute Gasteiger partial charge is 0.375 e. The van der Waals surface area contributed by atoms with Crippen LogP contribution in [-0.4, -0.2) is 32.1 Å². The highest BCUT2D eigenvalue weighted by Crippen LogP contribution is 2.34. The van der Waals surface area contributed by atoms with E-state index >= 15 is 0 Å². The van der Waals surface area contributed by atoms with E-state index in [2.05, 4.69) is 21.4 Å². The van der Waals surface area contributed by atoms with Gasteiger partial charge in [-0.25, -0.2) is 8.78 Å². The Morgan fingerprint density at radius 2 is 2.38 bits per heavy atom. The molecule has 1 amide bonds. The Balaban J connectivity index is 1.92. The van der Waals surface area contributed by atoms with Gasteiger partial charge in [-0.1, -0.05) is 0 Å². The second-order valence-electron chi connectivity index (χ2n) is 4.51. The number of nitrogens with one attached hydrogen (secondary N) is 2. The number of alkyl halides is 2. The van der Waals surface area contributed by atoms with Crippen molar-refractivity contribution in [3.8, 4) is 6.07 Å². The van der Waals surface area contributed by atoms with Gasteiger partial charge in [0, 0.05) is 11.4 Å². The fraction of sp³-hybridized carbons (Fsp3) is 0.538. The molecule has 0 saturated carbocycles. The Bertz CT molecular complexity index is 554. The topological polar surface area (TPSA) is 74.2 Å². The summed E-state index contributed by atoms with van der Waals surface area (Å²) in [5, 5.41) is 15.6. The molecule has 0 saturated heterocycles. The lowest BCUT2D eigenvalue weighted by Crippen LogP contribution is -2.22. The number of anilines is 1. The molecule has 1 aromatic rings. The molecule has 0 atom stereocenters. The molecule has 1 aromatic heterocycles. The molecular formula is C13H15F2N3O2S. The number of rotatable bonds is 6. The summed E-state index contributed by atoms with van der Waals surface area (Å²) in [6, 6.07) is 2.13. The first-order valence-electron chi connectivity index (χ1n) is 6.53. The third-order valence-electron chi connectivity index (χ3n) is 3.01. The molecule has 0 aliphatic carbocycles. The third kappa shape index (κ3) is 4.20. The fourth-order valence-corrected chi connectivity index (χ4v) is 3.25. The van der Waals surface area contributed by atoms with Gasteiger partial charge in [0.1, 0.15) is 17.7 Å². The van der Waals surface area contributed by atoms with Gasteiger partial charge < -0.3 is 15.4 Å². The van der Waals surface area contributed by atoms with Crippen LogP contribution in [0, 0.1) is 11.3 Å². The van der Waals surface area contributed by atoms with E-state index in [9.17, 15) is 18.8 Å². The van der Waals surface area contributed by atoms with E-state index in [4.69, 9.17) is 0 Å². The van der Waals surface area contributed by atoms with Crippen LogP contribution in [0.15, 0.2) is 0 Å². The van der Waals surface area contributed by atoms with Gasteiger partial charge in [-0.2, -0.15) is 5.26 Å². The molecule has 1 aliphatic rings. The van der Waals surface area contributed by atoms with Gasteiger partial charge in [0.25, 0.3) is 6.43 Å². The first kappa shape index (κ1) is 15.8. The second kappa shape index (κ2) is 7.45. The number of fused-ring (bicyclic) bond motifs is 1. The number of nitrogens with zero attached hydrogens (tertiary/aromatic N) is 1. The van der Waals surface area contributed by atoms with Gasteiger partial charge in [0.05, 0.1) is 18.6 Å². The van der Waals surface area contributed by atoms with Crippen LogP contribution in [0.1, 0.15) is 22.4 Å². The predicted molar refractivity (Wildman–Crippen MR) is 74.5 cm³/mol. The minimum atomic E-state index is -2.53. The van der Waals surface area contributed by atoms with E-state index in [0.717, 1.165) is 23.4 Å². The van der Waals surface area contributed by atoms with Gasteiger partial charge in [-0.05, 0) is 18.5 Å². The minimum absolute atomic E-state index is 0.0155. The van der Waals surface area contributed by atoms with Crippen LogP contribution in [0.2, 0.25) is 0 Å². The van der Waals surface area contributed by atoms with Crippen LogP contribution < -0.4 is 10.6 Å². The zero-order chi connectivity index (χ0) is 15.2. The molecule has 0 bridgehead atoms. The number of thiophene rings is 1. The number of hydrogen-bond donors (Lipinski definition) is 2. The Hall–Kier alpha value is -1.56. The van der Waals surface area contributed by atoms with Crippen LogP contribution in [0.4, 0.5) is 13.8 Å². The summed E-state index contributed by atoms with van der Waals surface area (Å²) < 4.78 is 28.4. The van der Waals surface area contributed by atoms with Gasteiger partial charge in [0.2, 0.25) is 5.91 Å². The summed E-state index contributed by atoms with van der Waals surface area (Å²) in [4.78, 5) is 12.8. The molecule has 8 heteroatoms. The van der Waals surface area contributed by atoms with Gasteiger partial charge in [-0.15, -0.1) is 11.3 Å². The lowest BCUT2D eigenvalue weighted by Gasteiger charge is -2.11. The SMILES string of the molecule is N#Cc1c(NC(=O)CCOCC(F)F)sc2c1CCNC2. The molecule has 0 unspecified atom stereocenters.